The molecule has 0 aliphatic carbocycles. The number of aromatic nitrogens is 1. The molecule has 2 aromatic carbocycles. The molecule has 0 bridgehead atoms. The molecule has 1 amide bonds. The molecule has 0 aliphatic heterocycles. The summed E-state index contributed by atoms with van der Waals surface area (Å²) in [7, 11) is 1.62. The number of fused-ring (bicyclic) bond motifs is 2. The monoisotopic (exact) mass is 412 g/mol. The standard InChI is InChI=1S/C21H17FN2O4S/c1-12-13-6-5-7-14(22)20(13)28-19(12)21(26)27-11-18(25)24(2)10-17-23-15-8-3-4-9-16(15)29-17/h3-9H,10-11H2,1-2H3. The highest BCUT2D eigenvalue weighted by Gasteiger charge is 2.22. The lowest BCUT2D eigenvalue weighted by Gasteiger charge is -2.15. The summed E-state index contributed by atoms with van der Waals surface area (Å²) in [5.41, 5.74) is 1.35. The zero-order valence-electron chi connectivity index (χ0n) is 15.8. The zero-order valence-corrected chi connectivity index (χ0v) is 16.6. The fourth-order valence-corrected chi connectivity index (χ4v) is 4.01. The van der Waals surface area contributed by atoms with Gasteiger partial charge in [0.1, 0.15) is 5.01 Å². The van der Waals surface area contributed by atoms with Gasteiger partial charge in [0.15, 0.2) is 18.0 Å². The number of furan rings is 1. The highest BCUT2D eigenvalue weighted by molar-refractivity contribution is 7.18. The highest BCUT2D eigenvalue weighted by atomic mass is 32.1. The van der Waals surface area contributed by atoms with E-state index in [4.69, 9.17) is 9.15 Å². The lowest BCUT2D eigenvalue weighted by Crippen LogP contribution is -2.30. The van der Waals surface area contributed by atoms with Crippen LogP contribution in [0.5, 0.6) is 0 Å². The van der Waals surface area contributed by atoms with Crippen molar-refractivity contribution in [3.63, 3.8) is 0 Å². The van der Waals surface area contributed by atoms with E-state index in [2.05, 4.69) is 4.98 Å². The Morgan fingerprint density at radius 3 is 2.76 bits per heavy atom. The minimum atomic E-state index is -0.806. The molecule has 4 rings (SSSR count). The summed E-state index contributed by atoms with van der Waals surface area (Å²) in [5, 5.41) is 1.29. The normalized spacial score (nSPS) is 11.1. The average Bonchev–Trinajstić information content (AvgIpc) is 3.27. The Bertz CT molecular complexity index is 1200. The van der Waals surface area contributed by atoms with Crippen molar-refractivity contribution in [1.82, 2.24) is 9.88 Å². The predicted molar refractivity (Wildman–Crippen MR) is 107 cm³/mol. The molecule has 0 saturated heterocycles. The van der Waals surface area contributed by atoms with Gasteiger partial charge in [0.25, 0.3) is 5.91 Å². The molecule has 4 aromatic rings. The van der Waals surface area contributed by atoms with Crippen molar-refractivity contribution in [2.75, 3.05) is 13.7 Å². The van der Waals surface area contributed by atoms with Crippen LogP contribution in [0.4, 0.5) is 4.39 Å². The Labute approximate surface area is 169 Å². The van der Waals surface area contributed by atoms with E-state index in [1.165, 1.54) is 28.4 Å². The van der Waals surface area contributed by atoms with Crippen molar-refractivity contribution in [2.45, 2.75) is 13.5 Å². The molecular weight excluding hydrogens is 395 g/mol. The molecule has 6 nitrogen and oxygen atoms in total. The Morgan fingerprint density at radius 1 is 1.21 bits per heavy atom. The summed E-state index contributed by atoms with van der Waals surface area (Å²) >= 11 is 1.51. The third kappa shape index (κ3) is 3.71. The number of likely N-dealkylation sites (N-methyl/N-ethyl adjacent to an activating group) is 1. The van der Waals surface area contributed by atoms with Crippen LogP contribution in [0, 0.1) is 12.7 Å². The second-order valence-corrected chi connectivity index (χ2v) is 7.69. The summed E-state index contributed by atoms with van der Waals surface area (Å²) in [4.78, 5) is 30.6. The van der Waals surface area contributed by atoms with Crippen LogP contribution in [0.1, 0.15) is 21.1 Å². The molecule has 0 saturated carbocycles. The summed E-state index contributed by atoms with van der Waals surface area (Å²) in [6.45, 7) is 1.51. The van der Waals surface area contributed by atoms with Gasteiger partial charge in [-0.3, -0.25) is 4.79 Å². The molecule has 2 aromatic heterocycles. The van der Waals surface area contributed by atoms with Gasteiger partial charge in [0, 0.05) is 18.0 Å². The Balaban J connectivity index is 1.40. The van der Waals surface area contributed by atoms with Gasteiger partial charge < -0.3 is 14.1 Å². The second kappa shape index (κ2) is 7.63. The van der Waals surface area contributed by atoms with Gasteiger partial charge >= 0.3 is 5.97 Å². The van der Waals surface area contributed by atoms with Gasteiger partial charge in [-0.05, 0) is 25.1 Å². The van der Waals surface area contributed by atoms with E-state index in [0.29, 0.717) is 17.5 Å². The van der Waals surface area contributed by atoms with Crippen LogP contribution in [0.15, 0.2) is 46.9 Å². The molecule has 0 atom stereocenters. The number of thiazole rings is 1. The first-order valence-electron chi connectivity index (χ1n) is 8.87. The Morgan fingerprint density at radius 2 is 2.00 bits per heavy atom. The fraction of sp³-hybridized carbons (Fsp3) is 0.190. The van der Waals surface area contributed by atoms with Gasteiger partial charge in [-0.2, -0.15) is 0 Å². The van der Waals surface area contributed by atoms with E-state index in [1.54, 1.807) is 20.0 Å². The number of hydrogen-bond donors (Lipinski definition) is 0. The van der Waals surface area contributed by atoms with Crippen molar-refractivity contribution in [3.8, 4) is 0 Å². The first-order chi connectivity index (χ1) is 13.9. The number of hydrogen-bond acceptors (Lipinski definition) is 6. The van der Waals surface area contributed by atoms with Crippen molar-refractivity contribution < 1.29 is 23.1 Å². The molecule has 29 heavy (non-hydrogen) atoms. The maximum atomic E-state index is 13.8. The lowest BCUT2D eigenvalue weighted by atomic mass is 10.1. The number of esters is 1. The minimum Gasteiger partial charge on any atom is -0.450 e. The maximum Gasteiger partial charge on any atom is 0.375 e. The van der Waals surface area contributed by atoms with Gasteiger partial charge in [0.2, 0.25) is 5.76 Å². The number of halogens is 1. The fourth-order valence-electron chi connectivity index (χ4n) is 2.99. The first kappa shape index (κ1) is 19.1. The van der Waals surface area contributed by atoms with E-state index in [1.807, 2.05) is 24.3 Å². The van der Waals surface area contributed by atoms with Gasteiger partial charge in [-0.15, -0.1) is 11.3 Å². The molecule has 0 fully saturated rings. The third-order valence-electron chi connectivity index (χ3n) is 4.56. The molecular formula is C21H17FN2O4S. The number of carbonyl (C=O) groups is 2. The van der Waals surface area contributed by atoms with Crippen LogP contribution in [0.2, 0.25) is 0 Å². The molecule has 0 aliphatic rings. The van der Waals surface area contributed by atoms with Crippen LogP contribution in [-0.4, -0.2) is 35.4 Å². The number of benzene rings is 2. The number of ether oxygens (including phenoxy) is 1. The lowest BCUT2D eigenvalue weighted by molar-refractivity contribution is -0.133. The number of nitrogens with zero attached hydrogens (tertiary/aromatic N) is 2. The number of carbonyl (C=O) groups excluding carboxylic acids is 2. The van der Waals surface area contributed by atoms with Crippen LogP contribution in [0.3, 0.4) is 0 Å². The van der Waals surface area contributed by atoms with Crippen molar-refractivity contribution in [3.05, 3.63) is 64.6 Å². The van der Waals surface area contributed by atoms with Gasteiger partial charge in [0.05, 0.1) is 16.8 Å². The van der Waals surface area contributed by atoms with E-state index in [0.717, 1.165) is 15.2 Å². The van der Waals surface area contributed by atoms with Crippen LogP contribution < -0.4 is 0 Å². The van der Waals surface area contributed by atoms with E-state index in [9.17, 15) is 14.0 Å². The third-order valence-corrected chi connectivity index (χ3v) is 5.59. The molecule has 0 spiro atoms. The predicted octanol–water partition coefficient (Wildman–Crippen LogP) is 4.31. The Kier molecular flexibility index (Phi) is 5.02. The van der Waals surface area contributed by atoms with Gasteiger partial charge in [-0.25, -0.2) is 14.2 Å². The minimum absolute atomic E-state index is 0.00349. The van der Waals surface area contributed by atoms with Crippen molar-refractivity contribution in [2.24, 2.45) is 0 Å². The number of para-hydroxylation sites is 2. The van der Waals surface area contributed by atoms with E-state index >= 15 is 0 Å². The van der Waals surface area contributed by atoms with Crippen LogP contribution >= 0.6 is 11.3 Å². The summed E-state index contributed by atoms with van der Waals surface area (Å²) < 4.78 is 25.3. The quantitative estimate of drug-likeness (QED) is 0.457. The molecule has 2 heterocycles. The number of rotatable bonds is 5. The Hall–Kier alpha value is -3.26. The summed E-state index contributed by atoms with van der Waals surface area (Å²) in [6, 6.07) is 12.2. The van der Waals surface area contributed by atoms with Crippen molar-refractivity contribution in [1.29, 1.82) is 0 Å². The SMILES string of the molecule is Cc1c(C(=O)OCC(=O)N(C)Cc2nc3ccccc3s2)oc2c(F)cccc12. The molecule has 0 unspecified atom stereocenters. The first-order valence-corrected chi connectivity index (χ1v) is 9.69. The molecule has 148 valence electrons. The van der Waals surface area contributed by atoms with Crippen LogP contribution in [-0.2, 0) is 16.1 Å². The van der Waals surface area contributed by atoms with E-state index < -0.39 is 18.4 Å². The van der Waals surface area contributed by atoms with Crippen LogP contribution in [0.25, 0.3) is 21.2 Å². The summed E-state index contributed by atoms with van der Waals surface area (Å²) in [5.74, 6) is -1.85. The molecule has 0 radical (unpaired) electrons. The highest BCUT2D eigenvalue weighted by Crippen LogP contribution is 2.27. The molecule has 0 N–H and O–H groups in total. The smallest absolute Gasteiger partial charge is 0.375 e. The summed E-state index contributed by atoms with van der Waals surface area (Å²) in [6.07, 6.45) is 0. The topological polar surface area (TPSA) is 72.6 Å². The molecule has 8 heteroatoms. The van der Waals surface area contributed by atoms with Crippen molar-refractivity contribution >= 4 is 44.4 Å². The zero-order chi connectivity index (χ0) is 20.5. The average molecular weight is 412 g/mol. The maximum absolute atomic E-state index is 13.8. The van der Waals surface area contributed by atoms with Gasteiger partial charge in [-0.1, -0.05) is 24.3 Å². The number of aryl methyl sites for hydroxylation is 1. The largest absolute Gasteiger partial charge is 0.450 e. The second-order valence-electron chi connectivity index (χ2n) is 6.57. The van der Waals surface area contributed by atoms with E-state index in [-0.39, 0.29) is 17.3 Å². The number of amides is 1.